The lowest BCUT2D eigenvalue weighted by Gasteiger charge is -1.80. The Morgan fingerprint density at radius 3 is 2.09 bits per heavy atom. The summed E-state index contributed by atoms with van der Waals surface area (Å²) in [6, 6.07) is 7.80. The molecule has 0 aliphatic heterocycles. The molecule has 22 heavy (non-hydrogen) atoms. The van der Waals surface area contributed by atoms with Crippen LogP contribution >= 0.6 is 0 Å². The van der Waals surface area contributed by atoms with Gasteiger partial charge in [-0.15, -0.1) is 0 Å². The molecule has 0 fully saturated rings. The van der Waals surface area contributed by atoms with Crippen LogP contribution in [-0.4, -0.2) is 15.1 Å². The first kappa shape index (κ1) is 19.8. The third-order valence-corrected chi connectivity index (χ3v) is 2.36. The molecule has 2 heterocycles. The number of fused-ring (bicyclic) bond motifs is 1. The summed E-state index contributed by atoms with van der Waals surface area (Å²) >= 11 is 0. The minimum Gasteiger partial charge on any atom is -0.441 e. The molecule has 0 radical (unpaired) electrons. The fourth-order valence-corrected chi connectivity index (χ4v) is 1.42. The molecule has 0 atom stereocenters. The van der Waals surface area contributed by atoms with E-state index in [0.29, 0.717) is 0 Å². The maximum Gasteiger partial charge on any atom is 0.213 e. The van der Waals surface area contributed by atoms with E-state index < -0.39 is 0 Å². The molecule has 2 aromatic heterocycles. The Morgan fingerprint density at radius 1 is 0.955 bits per heavy atom. The summed E-state index contributed by atoms with van der Waals surface area (Å²) in [6.45, 7) is 12.0. The second-order valence-electron chi connectivity index (χ2n) is 3.63. The standard InChI is InChI=1S/C9H9NO.C4H6N2O.2C2H6/c1-2-9-10-7-5-3-4-6-8(7)11-9;1-2-4-5-3-7-6-4;2*1-2/h3-6H,2H2,1H3;3H,2H2,1H3;2*1-2H3. The van der Waals surface area contributed by atoms with Crippen molar-refractivity contribution in [3.05, 3.63) is 42.4 Å². The van der Waals surface area contributed by atoms with Crippen LogP contribution in [0.3, 0.4) is 0 Å². The second kappa shape index (κ2) is 12.6. The minimum atomic E-state index is 0.764. The summed E-state index contributed by atoms with van der Waals surface area (Å²) in [7, 11) is 0. The highest BCUT2D eigenvalue weighted by molar-refractivity contribution is 5.72. The molecule has 0 unspecified atom stereocenters. The van der Waals surface area contributed by atoms with Crippen LogP contribution < -0.4 is 0 Å². The van der Waals surface area contributed by atoms with E-state index in [-0.39, 0.29) is 0 Å². The maximum atomic E-state index is 5.41. The van der Waals surface area contributed by atoms with Gasteiger partial charge in [0.25, 0.3) is 0 Å². The smallest absolute Gasteiger partial charge is 0.213 e. The molecule has 0 aliphatic rings. The molecule has 0 saturated carbocycles. The summed E-state index contributed by atoms with van der Waals surface area (Å²) in [6.07, 6.45) is 3.03. The fraction of sp³-hybridized carbons (Fsp3) is 0.471. The number of benzene rings is 1. The van der Waals surface area contributed by atoms with Crippen LogP contribution in [0, 0.1) is 0 Å². The van der Waals surface area contributed by atoms with Crippen molar-refractivity contribution in [2.24, 2.45) is 0 Å². The molecule has 5 nitrogen and oxygen atoms in total. The molecule has 1 aromatic carbocycles. The van der Waals surface area contributed by atoms with E-state index in [1.165, 1.54) is 6.39 Å². The average Bonchev–Trinajstić information content (AvgIpc) is 3.27. The number of hydrogen-bond acceptors (Lipinski definition) is 5. The van der Waals surface area contributed by atoms with Crippen molar-refractivity contribution in [3.63, 3.8) is 0 Å². The van der Waals surface area contributed by atoms with Gasteiger partial charge < -0.3 is 8.94 Å². The van der Waals surface area contributed by atoms with Gasteiger partial charge in [0, 0.05) is 12.8 Å². The topological polar surface area (TPSA) is 65.0 Å². The van der Waals surface area contributed by atoms with Crippen LogP contribution in [0.2, 0.25) is 0 Å². The van der Waals surface area contributed by atoms with Crippen molar-refractivity contribution in [1.29, 1.82) is 0 Å². The lowest BCUT2D eigenvalue weighted by Crippen LogP contribution is -1.78. The van der Waals surface area contributed by atoms with Crippen LogP contribution in [0.1, 0.15) is 53.3 Å². The molecular formula is C17H27N3O2. The number of para-hydroxylation sites is 2. The zero-order valence-corrected chi connectivity index (χ0v) is 14.5. The first-order chi connectivity index (χ1) is 10.8. The van der Waals surface area contributed by atoms with E-state index >= 15 is 0 Å². The monoisotopic (exact) mass is 305 g/mol. The number of hydrogen-bond donors (Lipinski definition) is 0. The highest BCUT2D eigenvalue weighted by Gasteiger charge is 2.00. The molecule has 0 aliphatic carbocycles. The van der Waals surface area contributed by atoms with Gasteiger partial charge in [-0.25, -0.2) is 4.98 Å². The third kappa shape index (κ3) is 6.52. The summed E-state index contributed by atoms with van der Waals surface area (Å²) in [4.78, 5) is 8.02. The van der Waals surface area contributed by atoms with Crippen molar-refractivity contribution in [1.82, 2.24) is 15.1 Å². The van der Waals surface area contributed by atoms with Gasteiger partial charge in [-0.1, -0.05) is 58.8 Å². The number of nitrogens with zero attached hydrogens (tertiary/aromatic N) is 3. The van der Waals surface area contributed by atoms with Crippen molar-refractivity contribution in [2.45, 2.75) is 54.4 Å². The van der Waals surface area contributed by atoms with Crippen LogP contribution in [0.4, 0.5) is 0 Å². The zero-order valence-electron chi connectivity index (χ0n) is 14.5. The number of aromatic nitrogens is 3. The van der Waals surface area contributed by atoms with Crippen LogP contribution in [0.15, 0.2) is 39.6 Å². The van der Waals surface area contributed by atoms with Gasteiger partial charge in [0.15, 0.2) is 17.3 Å². The predicted molar refractivity (Wildman–Crippen MR) is 89.8 cm³/mol. The van der Waals surface area contributed by atoms with Gasteiger partial charge in [0.2, 0.25) is 6.39 Å². The van der Waals surface area contributed by atoms with Crippen molar-refractivity contribution in [2.75, 3.05) is 0 Å². The van der Waals surface area contributed by atoms with E-state index in [1.54, 1.807) is 0 Å². The number of aryl methyl sites for hydroxylation is 2. The Hall–Kier alpha value is -2.17. The maximum absolute atomic E-state index is 5.41. The Labute approximate surface area is 132 Å². The predicted octanol–water partition coefficient (Wildman–Crippen LogP) is 5.07. The first-order valence-electron chi connectivity index (χ1n) is 7.93. The van der Waals surface area contributed by atoms with Crippen LogP contribution in [0.5, 0.6) is 0 Å². The van der Waals surface area contributed by atoms with E-state index in [2.05, 4.69) is 19.6 Å². The van der Waals surface area contributed by atoms with Gasteiger partial charge in [-0.3, -0.25) is 0 Å². The van der Waals surface area contributed by atoms with E-state index in [9.17, 15) is 0 Å². The molecule has 3 rings (SSSR count). The normalized spacial score (nSPS) is 8.82. The summed E-state index contributed by atoms with van der Waals surface area (Å²) in [5.74, 6) is 1.58. The van der Waals surface area contributed by atoms with Gasteiger partial charge in [-0.05, 0) is 12.1 Å². The lowest BCUT2D eigenvalue weighted by molar-refractivity contribution is 0.410. The van der Waals surface area contributed by atoms with Crippen molar-refractivity contribution in [3.8, 4) is 0 Å². The largest absolute Gasteiger partial charge is 0.441 e. The Morgan fingerprint density at radius 2 is 1.64 bits per heavy atom. The highest BCUT2D eigenvalue weighted by Crippen LogP contribution is 2.14. The van der Waals surface area contributed by atoms with Gasteiger partial charge in [-0.2, -0.15) is 4.98 Å². The lowest BCUT2D eigenvalue weighted by atomic mass is 10.3. The molecule has 0 saturated heterocycles. The SMILES string of the molecule is CC.CC.CCc1nc2ccccc2o1.CCc1ncon1. The quantitative estimate of drug-likeness (QED) is 0.661. The van der Waals surface area contributed by atoms with Crippen LogP contribution in [-0.2, 0) is 12.8 Å². The molecular weight excluding hydrogens is 278 g/mol. The Balaban J connectivity index is 0.000000348. The molecule has 0 amide bonds. The zero-order chi connectivity index (χ0) is 16.8. The molecule has 0 N–H and O–H groups in total. The minimum absolute atomic E-state index is 0.764. The summed E-state index contributed by atoms with van der Waals surface area (Å²) < 4.78 is 9.85. The molecule has 0 bridgehead atoms. The Kier molecular flexibility index (Phi) is 11.3. The number of rotatable bonds is 2. The van der Waals surface area contributed by atoms with E-state index in [4.69, 9.17) is 4.42 Å². The summed E-state index contributed by atoms with van der Waals surface area (Å²) in [5.41, 5.74) is 1.83. The molecule has 0 spiro atoms. The first-order valence-corrected chi connectivity index (χ1v) is 7.93. The Bertz CT molecular complexity index is 556. The molecule has 122 valence electrons. The molecule has 5 heteroatoms. The van der Waals surface area contributed by atoms with E-state index in [0.717, 1.165) is 35.7 Å². The van der Waals surface area contributed by atoms with E-state index in [1.807, 2.05) is 65.8 Å². The molecule has 3 aromatic rings. The van der Waals surface area contributed by atoms with Crippen LogP contribution in [0.25, 0.3) is 11.1 Å². The van der Waals surface area contributed by atoms with Crippen molar-refractivity contribution >= 4 is 11.1 Å². The average molecular weight is 305 g/mol. The number of oxazole rings is 1. The highest BCUT2D eigenvalue weighted by atomic mass is 16.5. The summed E-state index contributed by atoms with van der Waals surface area (Å²) in [5, 5.41) is 3.55. The van der Waals surface area contributed by atoms with Gasteiger partial charge in [0.1, 0.15) is 5.52 Å². The van der Waals surface area contributed by atoms with Gasteiger partial charge in [0.05, 0.1) is 0 Å². The third-order valence-electron chi connectivity index (χ3n) is 2.36. The fourth-order valence-electron chi connectivity index (χ4n) is 1.42. The van der Waals surface area contributed by atoms with Gasteiger partial charge >= 0.3 is 0 Å². The van der Waals surface area contributed by atoms with Crippen molar-refractivity contribution < 1.29 is 8.94 Å². The second-order valence-corrected chi connectivity index (χ2v) is 3.63.